The van der Waals surface area contributed by atoms with Crippen molar-refractivity contribution in [1.82, 2.24) is 0 Å². The van der Waals surface area contributed by atoms with E-state index in [-0.39, 0.29) is 18.8 Å². The number of hydrogen-bond donors (Lipinski definition) is 0. The maximum Gasteiger partial charge on any atom is 0.313 e. The largest absolute Gasteiger partial charge is 0.466 e. The van der Waals surface area contributed by atoms with Gasteiger partial charge in [0, 0.05) is 0 Å². The van der Waals surface area contributed by atoms with Crippen LogP contribution in [0.15, 0.2) is 24.3 Å². The second-order valence-electron chi connectivity index (χ2n) is 3.42. The van der Waals surface area contributed by atoms with Crippen LogP contribution in [-0.4, -0.2) is 18.4 Å². The third-order valence-corrected chi connectivity index (χ3v) is 2.89. The van der Waals surface area contributed by atoms with Crippen LogP contribution in [0.4, 0.5) is 0 Å². The fourth-order valence-corrected chi connectivity index (χ4v) is 1.62. The molecule has 0 radical (unpaired) electrons. The highest BCUT2D eigenvalue weighted by molar-refractivity contribution is 6.42. The highest BCUT2D eigenvalue weighted by Crippen LogP contribution is 2.26. The van der Waals surface area contributed by atoms with Crippen molar-refractivity contribution >= 4 is 41.0 Å². The van der Waals surface area contributed by atoms with E-state index in [1.807, 2.05) is 0 Å². The predicted molar refractivity (Wildman–Crippen MR) is 71.8 cm³/mol. The van der Waals surface area contributed by atoms with E-state index in [0.717, 1.165) is 0 Å². The van der Waals surface area contributed by atoms with Gasteiger partial charge >= 0.3 is 5.97 Å². The first kappa shape index (κ1) is 14.7. The molecule has 0 bridgehead atoms. The second-order valence-corrected chi connectivity index (χ2v) is 4.21. The molecule has 3 nitrogen and oxygen atoms in total. The molecule has 0 heterocycles. The topological polar surface area (TPSA) is 43.4 Å². The number of hydrogen-bond acceptors (Lipinski definition) is 3. The summed E-state index contributed by atoms with van der Waals surface area (Å²) in [6, 6.07) is 5.10. The molecule has 0 aliphatic heterocycles. The summed E-state index contributed by atoms with van der Waals surface area (Å²) in [6.45, 7) is 1.94. The van der Waals surface area contributed by atoms with E-state index in [1.54, 1.807) is 25.1 Å². The number of halogens is 2. The number of ether oxygens (including phenoxy) is 1. The average molecular weight is 287 g/mol. The van der Waals surface area contributed by atoms with E-state index in [4.69, 9.17) is 23.2 Å². The highest BCUT2D eigenvalue weighted by Gasteiger charge is 2.07. The molecular weight excluding hydrogens is 275 g/mol. The molecule has 0 spiro atoms. The van der Waals surface area contributed by atoms with E-state index in [9.17, 15) is 9.59 Å². The Bertz CT molecular complexity index is 481. The van der Waals surface area contributed by atoms with Gasteiger partial charge in [0.1, 0.15) is 6.42 Å². The molecular formula is C13H12Cl2O3. The Morgan fingerprint density at radius 2 is 2.06 bits per heavy atom. The zero-order valence-corrected chi connectivity index (χ0v) is 11.3. The number of esters is 1. The van der Waals surface area contributed by atoms with Crippen LogP contribution in [0.1, 0.15) is 18.9 Å². The van der Waals surface area contributed by atoms with Crippen LogP contribution in [0.5, 0.6) is 0 Å². The van der Waals surface area contributed by atoms with Crippen LogP contribution in [-0.2, 0) is 14.3 Å². The molecule has 1 rings (SSSR count). The van der Waals surface area contributed by atoms with Crippen molar-refractivity contribution in [2.24, 2.45) is 0 Å². The molecule has 0 fully saturated rings. The molecule has 5 heteroatoms. The van der Waals surface area contributed by atoms with Crippen LogP contribution in [0, 0.1) is 0 Å². The molecule has 0 aliphatic rings. The van der Waals surface area contributed by atoms with Crippen LogP contribution >= 0.6 is 23.2 Å². The minimum atomic E-state index is -0.538. The number of allylic oxidation sites excluding steroid dienone is 1. The van der Waals surface area contributed by atoms with Gasteiger partial charge in [-0.15, -0.1) is 0 Å². The van der Waals surface area contributed by atoms with Crippen LogP contribution in [0.25, 0.3) is 6.08 Å². The van der Waals surface area contributed by atoms with Crippen molar-refractivity contribution in [3.63, 3.8) is 0 Å². The number of carbonyl (C=O) groups is 2. The summed E-state index contributed by atoms with van der Waals surface area (Å²) in [5.74, 6) is -0.881. The molecule has 1 aromatic carbocycles. The van der Waals surface area contributed by atoms with E-state index in [0.29, 0.717) is 15.6 Å². The normalized spacial score (nSPS) is 10.6. The Morgan fingerprint density at radius 1 is 1.33 bits per heavy atom. The molecule has 0 N–H and O–H groups in total. The van der Waals surface area contributed by atoms with Crippen molar-refractivity contribution in [2.75, 3.05) is 6.61 Å². The molecule has 0 aliphatic carbocycles. The summed E-state index contributed by atoms with van der Waals surface area (Å²) < 4.78 is 4.67. The fourth-order valence-electron chi connectivity index (χ4n) is 1.25. The molecule has 0 saturated heterocycles. The molecule has 18 heavy (non-hydrogen) atoms. The zero-order valence-electron chi connectivity index (χ0n) is 9.78. The number of benzene rings is 1. The average Bonchev–Trinajstić information content (AvgIpc) is 2.31. The minimum Gasteiger partial charge on any atom is -0.466 e. The molecule has 96 valence electrons. The Hall–Kier alpha value is -1.32. The van der Waals surface area contributed by atoms with Gasteiger partial charge in [-0.1, -0.05) is 35.3 Å². The van der Waals surface area contributed by atoms with Crippen molar-refractivity contribution in [1.29, 1.82) is 0 Å². The second kappa shape index (κ2) is 7.19. The molecule has 1 aromatic rings. The molecule has 0 saturated carbocycles. The first-order chi connectivity index (χ1) is 8.54. The third-order valence-electron chi connectivity index (χ3n) is 2.05. The van der Waals surface area contributed by atoms with Gasteiger partial charge in [0.2, 0.25) is 0 Å². The van der Waals surface area contributed by atoms with Gasteiger partial charge in [0.05, 0.1) is 16.7 Å². The smallest absolute Gasteiger partial charge is 0.313 e. The van der Waals surface area contributed by atoms with Gasteiger partial charge in [-0.05, 0) is 30.7 Å². The fraction of sp³-hybridized carbons (Fsp3) is 0.231. The Kier molecular flexibility index (Phi) is 5.89. The van der Waals surface area contributed by atoms with Crippen LogP contribution < -0.4 is 0 Å². The summed E-state index contributed by atoms with van der Waals surface area (Å²) >= 11 is 11.8. The lowest BCUT2D eigenvalue weighted by Crippen LogP contribution is -2.09. The van der Waals surface area contributed by atoms with Gasteiger partial charge in [-0.3, -0.25) is 9.59 Å². The number of ketones is 1. The Morgan fingerprint density at radius 3 is 2.72 bits per heavy atom. The van der Waals surface area contributed by atoms with Gasteiger partial charge in [0.15, 0.2) is 5.78 Å². The van der Waals surface area contributed by atoms with E-state index in [1.165, 1.54) is 12.2 Å². The summed E-state index contributed by atoms with van der Waals surface area (Å²) in [7, 11) is 0. The first-order valence-corrected chi connectivity index (χ1v) is 6.10. The van der Waals surface area contributed by atoms with Crippen molar-refractivity contribution < 1.29 is 14.3 Å². The van der Waals surface area contributed by atoms with Gasteiger partial charge in [0.25, 0.3) is 0 Å². The van der Waals surface area contributed by atoms with Gasteiger partial charge in [-0.2, -0.15) is 0 Å². The maximum absolute atomic E-state index is 11.4. The Balaban J connectivity index is 2.66. The zero-order chi connectivity index (χ0) is 13.5. The lowest BCUT2D eigenvalue weighted by atomic mass is 10.1. The third kappa shape index (κ3) is 4.51. The molecule has 0 atom stereocenters. The van der Waals surface area contributed by atoms with Crippen molar-refractivity contribution in [3.8, 4) is 0 Å². The van der Waals surface area contributed by atoms with E-state index >= 15 is 0 Å². The lowest BCUT2D eigenvalue weighted by Gasteiger charge is -2.00. The van der Waals surface area contributed by atoms with Crippen LogP contribution in [0.2, 0.25) is 10.0 Å². The summed E-state index contributed by atoms with van der Waals surface area (Å²) in [6.07, 6.45) is 2.53. The minimum absolute atomic E-state index is 0.260. The van der Waals surface area contributed by atoms with Crippen LogP contribution in [0.3, 0.4) is 0 Å². The summed E-state index contributed by atoms with van der Waals surface area (Å²) in [4.78, 5) is 22.5. The van der Waals surface area contributed by atoms with E-state index in [2.05, 4.69) is 4.74 Å². The summed E-state index contributed by atoms with van der Waals surface area (Å²) in [5, 5.41) is 0.788. The Labute approximate surface area is 115 Å². The SMILES string of the molecule is CCOC(=O)CC(=O)C=Cc1cccc(Cl)c1Cl. The maximum atomic E-state index is 11.4. The van der Waals surface area contributed by atoms with Crippen molar-refractivity contribution in [2.45, 2.75) is 13.3 Å². The molecule has 0 amide bonds. The summed E-state index contributed by atoms with van der Waals surface area (Å²) in [5.41, 5.74) is 0.626. The van der Waals surface area contributed by atoms with E-state index < -0.39 is 5.97 Å². The standard InChI is InChI=1S/C13H12Cl2O3/c1-2-18-12(17)8-10(16)7-6-9-4-3-5-11(14)13(9)15/h3-7H,2,8H2,1H3. The molecule has 0 aromatic heterocycles. The number of carbonyl (C=O) groups excluding carboxylic acids is 2. The van der Waals surface area contributed by atoms with Gasteiger partial charge in [-0.25, -0.2) is 0 Å². The first-order valence-electron chi connectivity index (χ1n) is 5.35. The quantitative estimate of drug-likeness (QED) is 0.472. The molecule has 0 unspecified atom stereocenters. The van der Waals surface area contributed by atoms with Gasteiger partial charge < -0.3 is 4.74 Å². The highest BCUT2D eigenvalue weighted by atomic mass is 35.5. The number of rotatable bonds is 5. The predicted octanol–water partition coefficient (Wildman–Crippen LogP) is 3.53. The lowest BCUT2D eigenvalue weighted by molar-refractivity contribution is -0.144. The monoisotopic (exact) mass is 286 g/mol. The van der Waals surface area contributed by atoms with Crippen molar-refractivity contribution in [3.05, 3.63) is 39.9 Å².